The van der Waals surface area contributed by atoms with Crippen molar-refractivity contribution in [2.24, 2.45) is 7.05 Å². The molecule has 4 nitrogen and oxygen atoms in total. The van der Waals surface area contributed by atoms with Crippen LogP contribution in [-0.2, 0) is 7.05 Å². The Balaban J connectivity index is 2.74. The van der Waals surface area contributed by atoms with Gasteiger partial charge in [0.2, 0.25) is 0 Å². The van der Waals surface area contributed by atoms with E-state index in [9.17, 15) is 0 Å². The van der Waals surface area contributed by atoms with Gasteiger partial charge in [0.05, 0.1) is 16.4 Å². The monoisotopic (exact) mass is 266 g/mol. The second-order valence-electron chi connectivity index (χ2n) is 3.35. The molecule has 2 aromatic rings. The van der Waals surface area contributed by atoms with Gasteiger partial charge in [0.25, 0.3) is 0 Å². The van der Waals surface area contributed by atoms with Gasteiger partial charge in [-0.05, 0) is 34.5 Å². The van der Waals surface area contributed by atoms with Crippen molar-refractivity contribution in [1.82, 2.24) is 14.8 Å². The van der Waals surface area contributed by atoms with Crippen LogP contribution in [0.3, 0.4) is 0 Å². The summed E-state index contributed by atoms with van der Waals surface area (Å²) in [5.74, 6) is 0.527. The third kappa shape index (κ3) is 1.63. The van der Waals surface area contributed by atoms with Gasteiger partial charge in [-0.15, -0.1) is 0 Å². The molecular formula is C10H11BrN4. The lowest BCUT2D eigenvalue weighted by molar-refractivity contribution is 0.775. The van der Waals surface area contributed by atoms with Crippen LogP contribution in [0.15, 0.2) is 22.9 Å². The van der Waals surface area contributed by atoms with Crippen molar-refractivity contribution in [3.05, 3.63) is 28.5 Å². The van der Waals surface area contributed by atoms with Crippen LogP contribution in [0.25, 0.3) is 11.3 Å². The molecule has 0 saturated carbocycles. The number of halogens is 1. The standard InChI is InChI=1S/C10H11BrN4/c1-6-3-4-13-10(12)8(6)9-7(11)5-14-15(9)2/h3-5H,1-2H3,(H2,12,13). The van der Waals surface area contributed by atoms with Gasteiger partial charge in [-0.1, -0.05) is 0 Å². The van der Waals surface area contributed by atoms with Crippen molar-refractivity contribution in [2.75, 3.05) is 5.73 Å². The summed E-state index contributed by atoms with van der Waals surface area (Å²) in [6, 6.07) is 1.94. The molecule has 0 spiro atoms. The van der Waals surface area contributed by atoms with E-state index in [-0.39, 0.29) is 0 Å². The maximum atomic E-state index is 5.88. The van der Waals surface area contributed by atoms with E-state index in [0.717, 1.165) is 21.3 Å². The van der Waals surface area contributed by atoms with Crippen molar-refractivity contribution in [2.45, 2.75) is 6.92 Å². The highest BCUT2D eigenvalue weighted by Crippen LogP contribution is 2.32. The Bertz CT molecular complexity index is 464. The van der Waals surface area contributed by atoms with Gasteiger partial charge in [0, 0.05) is 18.8 Å². The minimum Gasteiger partial charge on any atom is -0.383 e. The first-order valence-electron chi connectivity index (χ1n) is 4.50. The van der Waals surface area contributed by atoms with Gasteiger partial charge in [0.15, 0.2) is 0 Å². The summed E-state index contributed by atoms with van der Waals surface area (Å²) in [7, 11) is 1.88. The van der Waals surface area contributed by atoms with Crippen molar-refractivity contribution in [3.8, 4) is 11.3 Å². The number of nitrogen functional groups attached to an aromatic ring is 1. The van der Waals surface area contributed by atoms with Gasteiger partial charge in [0.1, 0.15) is 5.82 Å². The van der Waals surface area contributed by atoms with Crippen molar-refractivity contribution in [1.29, 1.82) is 0 Å². The van der Waals surface area contributed by atoms with Crippen LogP contribution in [0.4, 0.5) is 5.82 Å². The summed E-state index contributed by atoms with van der Waals surface area (Å²) >= 11 is 3.46. The smallest absolute Gasteiger partial charge is 0.133 e. The summed E-state index contributed by atoms with van der Waals surface area (Å²) in [6.45, 7) is 2.01. The summed E-state index contributed by atoms with van der Waals surface area (Å²) in [5.41, 5.74) is 8.86. The number of aryl methyl sites for hydroxylation is 2. The van der Waals surface area contributed by atoms with Crippen molar-refractivity contribution < 1.29 is 0 Å². The zero-order chi connectivity index (χ0) is 11.0. The zero-order valence-corrected chi connectivity index (χ0v) is 10.1. The molecule has 0 aliphatic carbocycles. The number of hydrogen-bond acceptors (Lipinski definition) is 3. The molecule has 0 aromatic carbocycles. The number of nitrogens with zero attached hydrogens (tertiary/aromatic N) is 3. The summed E-state index contributed by atoms with van der Waals surface area (Å²) in [6.07, 6.45) is 3.46. The lowest BCUT2D eigenvalue weighted by Crippen LogP contribution is -2.01. The summed E-state index contributed by atoms with van der Waals surface area (Å²) < 4.78 is 2.71. The molecule has 0 atom stereocenters. The van der Waals surface area contributed by atoms with Crippen molar-refractivity contribution >= 4 is 21.7 Å². The molecule has 0 aliphatic rings. The van der Waals surface area contributed by atoms with Crippen LogP contribution < -0.4 is 5.73 Å². The Hall–Kier alpha value is -1.36. The van der Waals surface area contributed by atoms with Crippen LogP contribution >= 0.6 is 15.9 Å². The third-order valence-electron chi connectivity index (χ3n) is 2.32. The van der Waals surface area contributed by atoms with Crippen LogP contribution in [0.1, 0.15) is 5.56 Å². The molecule has 2 N–H and O–H groups in total. The highest BCUT2D eigenvalue weighted by molar-refractivity contribution is 9.10. The molecule has 5 heteroatoms. The number of aromatic nitrogens is 3. The van der Waals surface area contributed by atoms with E-state index in [2.05, 4.69) is 26.0 Å². The van der Waals surface area contributed by atoms with E-state index in [0.29, 0.717) is 5.82 Å². The van der Waals surface area contributed by atoms with Gasteiger partial charge < -0.3 is 5.73 Å². The van der Waals surface area contributed by atoms with Crippen LogP contribution in [0.5, 0.6) is 0 Å². The fourth-order valence-electron chi connectivity index (χ4n) is 1.58. The van der Waals surface area contributed by atoms with Crippen LogP contribution in [0.2, 0.25) is 0 Å². The maximum Gasteiger partial charge on any atom is 0.133 e. The first-order chi connectivity index (χ1) is 7.11. The number of nitrogens with two attached hydrogens (primary N) is 1. The number of anilines is 1. The van der Waals surface area contributed by atoms with E-state index >= 15 is 0 Å². The Morgan fingerprint density at radius 2 is 2.20 bits per heavy atom. The average Bonchev–Trinajstić information content (AvgIpc) is 2.49. The molecule has 15 heavy (non-hydrogen) atoms. The topological polar surface area (TPSA) is 56.7 Å². The van der Waals surface area contributed by atoms with Crippen molar-refractivity contribution in [3.63, 3.8) is 0 Å². The van der Waals surface area contributed by atoms with E-state index in [4.69, 9.17) is 5.73 Å². The largest absolute Gasteiger partial charge is 0.383 e. The third-order valence-corrected chi connectivity index (χ3v) is 2.90. The van der Waals surface area contributed by atoms with Gasteiger partial charge in [-0.3, -0.25) is 4.68 Å². The number of hydrogen-bond donors (Lipinski definition) is 1. The Kier molecular flexibility index (Phi) is 2.48. The molecule has 78 valence electrons. The van der Waals surface area contributed by atoms with E-state index < -0.39 is 0 Å². The minimum atomic E-state index is 0.527. The molecule has 0 radical (unpaired) electrons. The fraction of sp³-hybridized carbons (Fsp3) is 0.200. The molecule has 0 fully saturated rings. The summed E-state index contributed by atoms with van der Waals surface area (Å²) in [4.78, 5) is 4.09. The lowest BCUT2D eigenvalue weighted by atomic mass is 10.1. The number of pyridine rings is 1. The quantitative estimate of drug-likeness (QED) is 0.861. The second kappa shape index (κ2) is 3.66. The summed E-state index contributed by atoms with van der Waals surface area (Å²) in [5, 5.41) is 4.16. The SMILES string of the molecule is Cc1ccnc(N)c1-c1c(Br)cnn1C. The molecule has 2 heterocycles. The number of rotatable bonds is 1. The highest BCUT2D eigenvalue weighted by atomic mass is 79.9. The zero-order valence-electron chi connectivity index (χ0n) is 8.53. The second-order valence-corrected chi connectivity index (χ2v) is 4.21. The van der Waals surface area contributed by atoms with Crippen LogP contribution in [-0.4, -0.2) is 14.8 Å². The van der Waals surface area contributed by atoms with E-state index in [1.165, 1.54) is 0 Å². The fourth-order valence-corrected chi connectivity index (χ4v) is 2.13. The molecule has 0 unspecified atom stereocenters. The maximum absolute atomic E-state index is 5.88. The molecular weight excluding hydrogens is 256 g/mol. The Morgan fingerprint density at radius 1 is 1.47 bits per heavy atom. The first kappa shape index (κ1) is 10.2. The van der Waals surface area contributed by atoms with Gasteiger partial charge in [-0.25, -0.2) is 4.98 Å². The minimum absolute atomic E-state index is 0.527. The molecule has 0 saturated heterocycles. The highest BCUT2D eigenvalue weighted by Gasteiger charge is 2.14. The van der Waals surface area contributed by atoms with E-state index in [1.807, 2.05) is 20.0 Å². The Labute approximate surface area is 96.3 Å². The van der Waals surface area contributed by atoms with Gasteiger partial charge in [-0.2, -0.15) is 5.10 Å². The predicted molar refractivity (Wildman–Crippen MR) is 63.3 cm³/mol. The van der Waals surface area contributed by atoms with E-state index in [1.54, 1.807) is 17.1 Å². The van der Waals surface area contributed by atoms with Crippen LogP contribution in [0, 0.1) is 6.92 Å². The molecule has 0 aliphatic heterocycles. The lowest BCUT2D eigenvalue weighted by Gasteiger charge is -2.09. The molecule has 0 bridgehead atoms. The molecule has 0 amide bonds. The molecule has 2 aromatic heterocycles. The Morgan fingerprint density at radius 3 is 2.73 bits per heavy atom. The molecule has 2 rings (SSSR count). The average molecular weight is 267 g/mol. The normalized spacial score (nSPS) is 10.6. The van der Waals surface area contributed by atoms with Gasteiger partial charge >= 0.3 is 0 Å². The predicted octanol–water partition coefficient (Wildman–Crippen LogP) is 2.14. The first-order valence-corrected chi connectivity index (χ1v) is 5.29.